The lowest BCUT2D eigenvalue weighted by Crippen LogP contribution is -2.31. The molecule has 2 aromatic carbocycles. The molecule has 7 heteroatoms. The van der Waals surface area contributed by atoms with Crippen LogP contribution >= 0.6 is 0 Å². The van der Waals surface area contributed by atoms with Crippen LogP contribution in [-0.4, -0.2) is 38.0 Å². The van der Waals surface area contributed by atoms with Crippen LogP contribution in [0.15, 0.2) is 42.5 Å². The van der Waals surface area contributed by atoms with Crippen molar-refractivity contribution in [1.29, 1.82) is 0 Å². The molecular formula is C18H20FN3O3. The second-order valence-corrected chi connectivity index (χ2v) is 5.41. The summed E-state index contributed by atoms with van der Waals surface area (Å²) >= 11 is 0. The van der Waals surface area contributed by atoms with Crippen LogP contribution in [0.1, 0.15) is 15.9 Å². The predicted molar refractivity (Wildman–Crippen MR) is 93.3 cm³/mol. The zero-order valence-electron chi connectivity index (χ0n) is 14.3. The molecule has 3 amide bonds. The van der Waals surface area contributed by atoms with Gasteiger partial charge in [-0.1, -0.05) is 12.1 Å². The van der Waals surface area contributed by atoms with Crippen molar-refractivity contribution in [3.8, 4) is 5.75 Å². The Kier molecular flexibility index (Phi) is 5.94. The van der Waals surface area contributed by atoms with Gasteiger partial charge >= 0.3 is 6.03 Å². The fourth-order valence-corrected chi connectivity index (χ4v) is 2.21. The summed E-state index contributed by atoms with van der Waals surface area (Å²) in [5, 5.41) is 5.00. The molecule has 0 unspecified atom stereocenters. The molecule has 0 heterocycles. The summed E-state index contributed by atoms with van der Waals surface area (Å²) in [5.74, 6) is -0.465. The Hall–Kier alpha value is -3.09. The van der Waals surface area contributed by atoms with E-state index in [0.29, 0.717) is 12.2 Å². The van der Waals surface area contributed by atoms with Gasteiger partial charge in [-0.05, 0) is 35.9 Å². The van der Waals surface area contributed by atoms with Crippen molar-refractivity contribution >= 4 is 17.6 Å². The predicted octanol–water partition coefficient (Wildman–Crippen LogP) is 2.86. The molecule has 0 aliphatic heterocycles. The van der Waals surface area contributed by atoms with Gasteiger partial charge in [-0.15, -0.1) is 0 Å². The first-order valence-corrected chi connectivity index (χ1v) is 7.61. The average molecular weight is 345 g/mol. The summed E-state index contributed by atoms with van der Waals surface area (Å²) in [6.45, 7) is 0.388. The molecule has 0 saturated heterocycles. The number of urea groups is 1. The minimum atomic E-state index is -0.649. The quantitative estimate of drug-likeness (QED) is 0.875. The van der Waals surface area contributed by atoms with Crippen molar-refractivity contribution in [3.05, 3.63) is 59.4 Å². The number of amides is 3. The van der Waals surface area contributed by atoms with Crippen molar-refractivity contribution < 1.29 is 18.7 Å². The van der Waals surface area contributed by atoms with Gasteiger partial charge in [0.1, 0.15) is 11.6 Å². The minimum absolute atomic E-state index is 0.127. The molecule has 2 aromatic rings. The number of ether oxygens (including phenoxy) is 1. The number of hydrogen-bond donors (Lipinski definition) is 2. The third-order valence-electron chi connectivity index (χ3n) is 3.61. The fourth-order valence-electron chi connectivity index (χ4n) is 2.21. The van der Waals surface area contributed by atoms with E-state index in [1.165, 1.54) is 24.1 Å². The van der Waals surface area contributed by atoms with Crippen LogP contribution in [0, 0.1) is 5.82 Å². The van der Waals surface area contributed by atoms with E-state index in [1.54, 1.807) is 14.2 Å². The van der Waals surface area contributed by atoms with Gasteiger partial charge in [0.2, 0.25) is 0 Å². The second kappa shape index (κ2) is 8.14. The number of halogens is 1. The maximum absolute atomic E-state index is 13.7. The SMILES string of the molecule is CNC(=O)c1cc(NC(=O)N(C)Cc2ccc(OC)cc2)ccc1F. The molecule has 0 aliphatic carbocycles. The summed E-state index contributed by atoms with van der Waals surface area (Å²) < 4.78 is 18.8. The number of benzene rings is 2. The van der Waals surface area contributed by atoms with Crippen LogP contribution in [-0.2, 0) is 6.54 Å². The summed E-state index contributed by atoms with van der Waals surface area (Å²) in [4.78, 5) is 25.4. The van der Waals surface area contributed by atoms with Crippen molar-refractivity contribution in [2.75, 3.05) is 26.5 Å². The van der Waals surface area contributed by atoms with Crippen molar-refractivity contribution in [2.45, 2.75) is 6.54 Å². The number of carbonyl (C=O) groups is 2. The first-order valence-electron chi connectivity index (χ1n) is 7.61. The Balaban J connectivity index is 2.04. The van der Waals surface area contributed by atoms with E-state index in [1.807, 2.05) is 24.3 Å². The lowest BCUT2D eigenvalue weighted by atomic mass is 10.1. The number of hydrogen-bond acceptors (Lipinski definition) is 3. The van der Waals surface area contributed by atoms with E-state index in [2.05, 4.69) is 10.6 Å². The van der Waals surface area contributed by atoms with E-state index in [-0.39, 0.29) is 11.6 Å². The maximum Gasteiger partial charge on any atom is 0.321 e. The number of methoxy groups -OCH3 is 1. The smallest absolute Gasteiger partial charge is 0.321 e. The highest BCUT2D eigenvalue weighted by molar-refractivity contribution is 5.96. The average Bonchev–Trinajstić information content (AvgIpc) is 2.63. The van der Waals surface area contributed by atoms with Gasteiger partial charge < -0.3 is 20.3 Å². The number of carbonyl (C=O) groups excluding carboxylic acids is 2. The molecule has 0 radical (unpaired) electrons. The molecule has 132 valence electrons. The number of nitrogens with zero attached hydrogens (tertiary/aromatic N) is 1. The zero-order valence-corrected chi connectivity index (χ0v) is 14.3. The van der Waals surface area contributed by atoms with Crippen LogP contribution in [0.4, 0.5) is 14.9 Å². The highest BCUT2D eigenvalue weighted by Gasteiger charge is 2.14. The van der Waals surface area contributed by atoms with E-state index in [0.717, 1.165) is 17.4 Å². The van der Waals surface area contributed by atoms with Gasteiger partial charge in [0, 0.05) is 26.3 Å². The number of nitrogens with one attached hydrogen (secondary N) is 2. The van der Waals surface area contributed by atoms with E-state index in [9.17, 15) is 14.0 Å². The Labute approximate surface area is 145 Å². The molecule has 6 nitrogen and oxygen atoms in total. The van der Waals surface area contributed by atoms with Gasteiger partial charge in [0.15, 0.2) is 0 Å². The summed E-state index contributed by atoms with van der Waals surface area (Å²) in [5.41, 5.74) is 1.15. The molecule has 0 fully saturated rings. The fraction of sp³-hybridized carbons (Fsp3) is 0.222. The van der Waals surface area contributed by atoms with E-state index >= 15 is 0 Å². The monoisotopic (exact) mass is 345 g/mol. The highest BCUT2D eigenvalue weighted by atomic mass is 19.1. The third kappa shape index (κ3) is 4.69. The number of anilines is 1. The zero-order chi connectivity index (χ0) is 18.4. The Morgan fingerprint density at radius 1 is 1.16 bits per heavy atom. The Morgan fingerprint density at radius 3 is 2.44 bits per heavy atom. The second-order valence-electron chi connectivity index (χ2n) is 5.41. The van der Waals surface area contributed by atoms with Crippen LogP contribution in [0.3, 0.4) is 0 Å². The van der Waals surface area contributed by atoms with Gasteiger partial charge in [-0.25, -0.2) is 9.18 Å². The molecule has 2 N–H and O–H groups in total. The topological polar surface area (TPSA) is 70.7 Å². The summed E-state index contributed by atoms with van der Waals surface area (Å²) in [6.07, 6.45) is 0. The molecular weight excluding hydrogens is 325 g/mol. The highest BCUT2D eigenvalue weighted by Crippen LogP contribution is 2.16. The van der Waals surface area contributed by atoms with Crippen molar-refractivity contribution in [2.24, 2.45) is 0 Å². The molecule has 25 heavy (non-hydrogen) atoms. The Bertz CT molecular complexity index is 763. The summed E-state index contributed by atoms with van der Waals surface area (Å²) in [7, 11) is 4.64. The molecule has 0 aliphatic rings. The third-order valence-corrected chi connectivity index (χ3v) is 3.61. The normalized spacial score (nSPS) is 10.1. The lowest BCUT2D eigenvalue weighted by Gasteiger charge is -2.18. The maximum atomic E-state index is 13.7. The first kappa shape index (κ1) is 18.3. The van der Waals surface area contributed by atoms with Gasteiger partial charge in [-0.3, -0.25) is 4.79 Å². The van der Waals surface area contributed by atoms with Crippen molar-refractivity contribution in [1.82, 2.24) is 10.2 Å². The molecule has 0 bridgehead atoms. The molecule has 0 saturated carbocycles. The summed E-state index contributed by atoms with van der Waals surface area (Å²) in [6, 6.07) is 10.8. The van der Waals surface area contributed by atoms with E-state index in [4.69, 9.17) is 4.74 Å². The van der Waals surface area contributed by atoms with Crippen LogP contribution in [0.2, 0.25) is 0 Å². The van der Waals surface area contributed by atoms with Crippen molar-refractivity contribution in [3.63, 3.8) is 0 Å². The van der Waals surface area contributed by atoms with Gasteiger partial charge in [0.25, 0.3) is 5.91 Å². The van der Waals surface area contributed by atoms with Crippen LogP contribution in [0.5, 0.6) is 5.75 Å². The minimum Gasteiger partial charge on any atom is -0.497 e. The molecule has 0 spiro atoms. The first-order chi connectivity index (χ1) is 11.9. The van der Waals surface area contributed by atoms with Gasteiger partial charge in [-0.2, -0.15) is 0 Å². The molecule has 0 atom stereocenters. The van der Waals surface area contributed by atoms with E-state index < -0.39 is 11.7 Å². The van der Waals surface area contributed by atoms with Crippen LogP contribution in [0.25, 0.3) is 0 Å². The van der Waals surface area contributed by atoms with Gasteiger partial charge in [0.05, 0.1) is 12.7 Å². The van der Waals surface area contributed by atoms with Crippen LogP contribution < -0.4 is 15.4 Å². The molecule has 0 aromatic heterocycles. The Morgan fingerprint density at radius 2 is 1.84 bits per heavy atom. The molecule has 2 rings (SSSR count). The largest absolute Gasteiger partial charge is 0.497 e. The number of rotatable bonds is 5. The standard InChI is InChI=1S/C18H20FN3O3/c1-20-17(23)15-10-13(6-9-16(15)19)21-18(24)22(2)11-12-4-7-14(25-3)8-5-12/h4-10H,11H2,1-3H3,(H,20,23)(H,21,24). The lowest BCUT2D eigenvalue weighted by molar-refractivity contribution is 0.0959.